The third-order valence-electron chi connectivity index (χ3n) is 6.05. The second kappa shape index (κ2) is 12.8. The summed E-state index contributed by atoms with van der Waals surface area (Å²) >= 11 is 0. The number of furan rings is 1. The van der Waals surface area contributed by atoms with Crippen molar-refractivity contribution in [2.75, 3.05) is 52.5 Å². The van der Waals surface area contributed by atoms with Crippen LogP contribution in [-0.2, 0) is 29.2 Å². The van der Waals surface area contributed by atoms with Crippen LogP contribution in [0.1, 0.15) is 17.0 Å². The van der Waals surface area contributed by atoms with E-state index in [9.17, 15) is 9.50 Å². The monoisotopic (exact) mass is 471 g/mol. The highest BCUT2D eigenvalue weighted by Crippen LogP contribution is 2.14. The third kappa shape index (κ3) is 7.51. The quantitative estimate of drug-likeness (QED) is 0.414. The largest absolute Gasteiger partial charge is 0.467 e. The normalized spacial score (nSPS) is 15.7. The number of aliphatic hydroxyl groups is 1. The number of hydrogen-bond acceptors (Lipinski definition) is 6. The highest BCUT2D eigenvalue weighted by molar-refractivity contribution is 5.19. The van der Waals surface area contributed by atoms with E-state index in [1.807, 2.05) is 36.5 Å². The fourth-order valence-electron chi connectivity index (χ4n) is 4.17. The lowest BCUT2D eigenvalue weighted by Crippen LogP contribution is -2.43. The molecule has 184 valence electrons. The lowest BCUT2D eigenvalue weighted by atomic mass is 10.2. The molecule has 0 bridgehead atoms. The number of ether oxygens (including phenoxy) is 2. The van der Waals surface area contributed by atoms with Crippen LogP contribution in [0.2, 0.25) is 0 Å². The van der Waals surface area contributed by atoms with Crippen molar-refractivity contribution in [3.63, 3.8) is 0 Å². The Balaban J connectivity index is 1.36. The Morgan fingerprint density at radius 2 is 1.94 bits per heavy atom. The van der Waals surface area contributed by atoms with Crippen LogP contribution in [0.15, 0.2) is 65.4 Å². The molecule has 1 atom stereocenters. The number of hydrogen-bond donors (Lipinski definition) is 1. The van der Waals surface area contributed by atoms with Crippen LogP contribution in [-0.4, -0.2) is 78.1 Å². The lowest BCUT2D eigenvalue weighted by Gasteiger charge is -2.31. The molecule has 0 amide bonds. The fraction of sp³-hybridized carbons (Fsp3) is 0.462. The van der Waals surface area contributed by atoms with Gasteiger partial charge in [0.05, 0.1) is 38.7 Å². The van der Waals surface area contributed by atoms with E-state index in [2.05, 4.69) is 20.4 Å². The van der Waals surface area contributed by atoms with Gasteiger partial charge in [0.1, 0.15) is 18.2 Å². The lowest BCUT2D eigenvalue weighted by molar-refractivity contribution is -0.00185. The van der Waals surface area contributed by atoms with E-state index in [0.717, 1.165) is 50.8 Å². The molecule has 0 radical (unpaired) electrons. The molecule has 8 heteroatoms. The standard InChI is InChI=1S/C26H34FN3O4/c27-26-8-2-1-5-22(26)17-30-9-3-6-23(30)18-29(11-10-28-12-15-32-16-13-28)19-24(31)20-33-21-25-7-4-14-34-25/h1-9,14,24,31H,10-13,15-21H2. The predicted molar refractivity (Wildman–Crippen MR) is 127 cm³/mol. The van der Waals surface area contributed by atoms with Crippen molar-refractivity contribution in [1.29, 1.82) is 0 Å². The molecule has 1 aliphatic rings. The number of benzene rings is 1. The molecule has 0 saturated carbocycles. The fourth-order valence-corrected chi connectivity index (χ4v) is 4.17. The van der Waals surface area contributed by atoms with Gasteiger partial charge in [-0.2, -0.15) is 0 Å². The Hall–Kier alpha value is -2.49. The van der Waals surface area contributed by atoms with Crippen molar-refractivity contribution in [3.05, 3.63) is 83.8 Å². The number of rotatable bonds is 13. The first-order chi connectivity index (χ1) is 16.7. The van der Waals surface area contributed by atoms with E-state index in [0.29, 0.717) is 31.8 Å². The van der Waals surface area contributed by atoms with E-state index in [1.165, 1.54) is 6.07 Å². The highest BCUT2D eigenvalue weighted by atomic mass is 19.1. The van der Waals surface area contributed by atoms with E-state index < -0.39 is 6.10 Å². The zero-order valence-corrected chi connectivity index (χ0v) is 19.5. The van der Waals surface area contributed by atoms with Crippen molar-refractivity contribution >= 4 is 0 Å². The van der Waals surface area contributed by atoms with Gasteiger partial charge >= 0.3 is 0 Å². The first-order valence-electron chi connectivity index (χ1n) is 11.9. The summed E-state index contributed by atoms with van der Waals surface area (Å²) in [5.74, 6) is 0.540. The number of aromatic nitrogens is 1. The van der Waals surface area contributed by atoms with Crippen molar-refractivity contribution < 1.29 is 23.4 Å². The molecule has 3 aromatic rings. The van der Waals surface area contributed by atoms with Gasteiger partial charge in [-0.15, -0.1) is 0 Å². The highest BCUT2D eigenvalue weighted by Gasteiger charge is 2.18. The third-order valence-corrected chi connectivity index (χ3v) is 6.05. The summed E-state index contributed by atoms with van der Waals surface area (Å²) in [6, 6.07) is 14.6. The average molecular weight is 472 g/mol. The van der Waals surface area contributed by atoms with Gasteiger partial charge in [0.2, 0.25) is 0 Å². The minimum atomic E-state index is -0.630. The molecule has 7 nitrogen and oxygen atoms in total. The number of halogens is 1. The molecule has 0 aliphatic carbocycles. The minimum absolute atomic E-state index is 0.199. The van der Waals surface area contributed by atoms with E-state index in [-0.39, 0.29) is 12.4 Å². The van der Waals surface area contributed by atoms with Crippen LogP contribution in [0.5, 0.6) is 0 Å². The zero-order chi connectivity index (χ0) is 23.6. The molecule has 1 aromatic carbocycles. The molecule has 2 aromatic heterocycles. The Morgan fingerprint density at radius 3 is 2.74 bits per heavy atom. The molecule has 0 spiro atoms. The van der Waals surface area contributed by atoms with Crippen LogP contribution in [0, 0.1) is 5.82 Å². The first kappa shape index (κ1) is 24.6. The molecule has 1 saturated heterocycles. The van der Waals surface area contributed by atoms with Crippen LogP contribution in [0.25, 0.3) is 0 Å². The molecular formula is C26H34FN3O4. The maximum absolute atomic E-state index is 14.2. The Morgan fingerprint density at radius 1 is 1.09 bits per heavy atom. The van der Waals surface area contributed by atoms with Crippen molar-refractivity contribution in [1.82, 2.24) is 14.4 Å². The predicted octanol–water partition coefficient (Wildman–Crippen LogP) is 2.98. The molecule has 1 N–H and O–H groups in total. The van der Waals surface area contributed by atoms with E-state index in [1.54, 1.807) is 12.3 Å². The van der Waals surface area contributed by atoms with Crippen LogP contribution < -0.4 is 0 Å². The molecule has 1 aliphatic heterocycles. The average Bonchev–Trinajstić information content (AvgIpc) is 3.52. The van der Waals surface area contributed by atoms with Crippen molar-refractivity contribution in [3.8, 4) is 0 Å². The zero-order valence-electron chi connectivity index (χ0n) is 19.5. The Kier molecular flexibility index (Phi) is 9.29. The van der Waals surface area contributed by atoms with Gasteiger partial charge in [-0.3, -0.25) is 9.80 Å². The van der Waals surface area contributed by atoms with Gasteiger partial charge in [-0.05, 0) is 30.3 Å². The molecule has 3 heterocycles. The van der Waals surface area contributed by atoms with Crippen molar-refractivity contribution in [2.24, 2.45) is 0 Å². The smallest absolute Gasteiger partial charge is 0.129 e. The van der Waals surface area contributed by atoms with Gasteiger partial charge in [0.25, 0.3) is 0 Å². The van der Waals surface area contributed by atoms with Crippen LogP contribution in [0.4, 0.5) is 4.39 Å². The molecule has 4 rings (SSSR count). The minimum Gasteiger partial charge on any atom is -0.467 e. The summed E-state index contributed by atoms with van der Waals surface area (Å²) in [5.41, 5.74) is 1.74. The number of aliphatic hydroxyl groups excluding tert-OH is 1. The molecule has 1 fully saturated rings. The van der Waals surface area contributed by atoms with Gasteiger partial charge in [-0.25, -0.2) is 4.39 Å². The topological polar surface area (TPSA) is 63.2 Å². The molecule has 1 unspecified atom stereocenters. The summed E-state index contributed by atoms with van der Waals surface area (Å²) in [5, 5.41) is 10.7. The van der Waals surface area contributed by atoms with Gasteiger partial charge in [0.15, 0.2) is 0 Å². The number of morpholine rings is 1. The maximum atomic E-state index is 14.2. The number of nitrogens with zero attached hydrogens (tertiary/aromatic N) is 3. The summed E-state index contributed by atoms with van der Waals surface area (Å²) < 4.78 is 32.7. The second-order valence-corrected chi connectivity index (χ2v) is 8.66. The summed E-state index contributed by atoms with van der Waals surface area (Å²) in [4.78, 5) is 4.62. The SMILES string of the molecule is OC(COCc1ccco1)CN(CCN1CCOCC1)Cc1cccn1Cc1ccccc1F. The van der Waals surface area contributed by atoms with E-state index >= 15 is 0 Å². The maximum Gasteiger partial charge on any atom is 0.129 e. The van der Waals surface area contributed by atoms with E-state index in [4.69, 9.17) is 13.9 Å². The summed E-state index contributed by atoms with van der Waals surface area (Å²) in [6.07, 6.45) is 2.96. The Bertz CT molecular complexity index is 972. The molecule has 34 heavy (non-hydrogen) atoms. The van der Waals surface area contributed by atoms with Gasteiger partial charge < -0.3 is 23.6 Å². The van der Waals surface area contributed by atoms with Crippen LogP contribution >= 0.6 is 0 Å². The Labute approximate surface area is 200 Å². The summed E-state index contributed by atoms with van der Waals surface area (Å²) in [7, 11) is 0. The van der Waals surface area contributed by atoms with Gasteiger partial charge in [-0.1, -0.05) is 18.2 Å². The van der Waals surface area contributed by atoms with Crippen LogP contribution in [0.3, 0.4) is 0 Å². The van der Waals surface area contributed by atoms with Gasteiger partial charge in [0, 0.05) is 56.7 Å². The molecular weight excluding hydrogens is 437 g/mol. The second-order valence-electron chi connectivity index (χ2n) is 8.66. The summed E-state index contributed by atoms with van der Waals surface area (Å²) in [6.45, 7) is 7.24. The first-order valence-corrected chi connectivity index (χ1v) is 11.9. The van der Waals surface area contributed by atoms with Crippen molar-refractivity contribution in [2.45, 2.75) is 25.8 Å².